The summed E-state index contributed by atoms with van der Waals surface area (Å²) in [6.07, 6.45) is 3.14. The molecule has 144 valence electrons. The van der Waals surface area contributed by atoms with Crippen LogP contribution in [0.4, 0.5) is 0 Å². The Bertz CT molecular complexity index is 1250. The molecule has 0 saturated heterocycles. The Morgan fingerprint density at radius 2 is 1.03 bits per heavy atom. The van der Waals surface area contributed by atoms with E-state index in [2.05, 4.69) is 100 Å². The fourth-order valence-electron chi connectivity index (χ4n) is 4.99. The monoisotopic (exact) mass is 634 g/mol. The third-order valence-electron chi connectivity index (χ3n) is 6.26. The Morgan fingerprint density at radius 3 is 1.48 bits per heavy atom. The van der Waals surface area contributed by atoms with Gasteiger partial charge in [-0.3, -0.25) is 9.97 Å². The van der Waals surface area contributed by atoms with E-state index in [0.717, 1.165) is 48.2 Å². The second-order valence-electron chi connectivity index (χ2n) is 7.95. The van der Waals surface area contributed by atoms with E-state index >= 15 is 0 Å². The summed E-state index contributed by atoms with van der Waals surface area (Å²) in [4.78, 5) is 10.3. The van der Waals surface area contributed by atoms with E-state index in [9.17, 15) is 0 Å². The molecule has 6 rings (SSSR count). The maximum Gasteiger partial charge on any atom is 0.0858 e. The number of halogens is 4. The zero-order valence-corrected chi connectivity index (χ0v) is 21.5. The molecular formula is C23H14Br4N2. The number of nitrogens with zero attached hydrogens (tertiary/aromatic N) is 2. The number of pyridine rings is 2. The molecule has 0 radical (unpaired) electrons. The molecule has 0 aliphatic heterocycles. The summed E-state index contributed by atoms with van der Waals surface area (Å²) < 4.78 is 4.30. The summed E-state index contributed by atoms with van der Waals surface area (Å²) >= 11 is 14.8. The van der Waals surface area contributed by atoms with Crippen LogP contribution in [0.3, 0.4) is 0 Å². The molecule has 2 aromatic heterocycles. The van der Waals surface area contributed by atoms with Gasteiger partial charge in [-0.15, -0.1) is 0 Å². The van der Waals surface area contributed by atoms with Gasteiger partial charge in [-0.05, 0) is 98.6 Å². The zero-order valence-electron chi connectivity index (χ0n) is 15.1. The van der Waals surface area contributed by atoms with Gasteiger partial charge in [0.2, 0.25) is 0 Å². The predicted octanol–water partition coefficient (Wildman–Crippen LogP) is 8.20. The summed E-state index contributed by atoms with van der Waals surface area (Å²) in [5.41, 5.74) is 7.38. The second kappa shape index (κ2) is 6.84. The average Bonchev–Trinajstić information content (AvgIpc) is 2.72. The Morgan fingerprint density at radius 1 is 0.621 bits per heavy atom. The molecule has 2 aliphatic carbocycles. The molecule has 4 aromatic rings. The predicted molar refractivity (Wildman–Crippen MR) is 132 cm³/mol. The summed E-state index contributed by atoms with van der Waals surface area (Å²) in [7, 11) is 0. The minimum Gasteiger partial charge on any atom is -0.251 e. The van der Waals surface area contributed by atoms with E-state index in [1.54, 1.807) is 0 Å². The molecule has 2 aromatic carbocycles. The van der Waals surface area contributed by atoms with Gasteiger partial charge in [0.15, 0.2) is 0 Å². The maximum absolute atomic E-state index is 5.15. The first-order valence-corrected chi connectivity index (χ1v) is 12.7. The highest BCUT2D eigenvalue weighted by molar-refractivity contribution is 9.11. The Balaban J connectivity index is 1.55. The van der Waals surface area contributed by atoms with Crippen LogP contribution in [-0.4, -0.2) is 9.97 Å². The van der Waals surface area contributed by atoms with Gasteiger partial charge in [0, 0.05) is 51.9 Å². The number of fused-ring (bicyclic) bond motifs is 8. The molecule has 0 spiro atoms. The standard InChI is InChI=1S/C23H14Br4N2/c24-16-1-3-18(26)22-14(16)8-12-6-10-5-11(20(12)28-22)7-13-9-15-17(25)2-4-19(27)23(15)29-21(10)13/h1-4,8-11H,5-7H2/t10-,11-/m1/s1. The lowest BCUT2D eigenvalue weighted by Crippen LogP contribution is -2.27. The van der Waals surface area contributed by atoms with Crippen LogP contribution in [0.25, 0.3) is 21.8 Å². The van der Waals surface area contributed by atoms with Gasteiger partial charge in [0.05, 0.1) is 11.0 Å². The van der Waals surface area contributed by atoms with Crippen molar-refractivity contribution in [2.45, 2.75) is 31.1 Å². The summed E-state index contributed by atoms with van der Waals surface area (Å²) in [6.45, 7) is 0. The van der Waals surface area contributed by atoms with Crippen molar-refractivity contribution >= 4 is 85.5 Å². The molecule has 2 heterocycles. The summed E-state index contributed by atoms with van der Waals surface area (Å²) in [5.74, 6) is 0.911. The van der Waals surface area contributed by atoms with E-state index in [4.69, 9.17) is 9.97 Å². The highest BCUT2D eigenvalue weighted by atomic mass is 79.9. The van der Waals surface area contributed by atoms with Crippen LogP contribution in [0, 0.1) is 0 Å². The van der Waals surface area contributed by atoms with Crippen LogP contribution in [-0.2, 0) is 12.8 Å². The SMILES string of the molecule is Brc1ccc(Br)c2nc3c(cc12)C[C@H]1C[C@@H]3Cc2cc3c(Br)ccc(Br)c3nc21. The van der Waals surface area contributed by atoms with Crippen molar-refractivity contribution in [2.24, 2.45) is 0 Å². The van der Waals surface area contributed by atoms with Crippen LogP contribution < -0.4 is 0 Å². The van der Waals surface area contributed by atoms with Crippen LogP contribution in [0.2, 0.25) is 0 Å². The van der Waals surface area contributed by atoms with Gasteiger partial charge in [-0.2, -0.15) is 0 Å². The minimum absolute atomic E-state index is 0.455. The molecule has 0 N–H and O–H groups in total. The number of hydrogen-bond donors (Lipinski definition) is 0. The fourth-order valence-corrected chi connectivity index (χ4v) is 6.73. The fraction of sp³-hybridized carbons (Fsp3) is 0.217. The lowest BCUT2D eigenvalue weighted by atomic mass is 9.70. The highest BCUT2D eigenvalue weighted by Gasteiger charge is 2.36. The third kappa shape index (κ3) is 2.89. The van der Waals surface area contributed by atoms with E-state index in [-0.39, 0.29) is 0 Å². The second-order valence-corrected chi connectivity index (χ2v) is 11.4. The van der Waals surface area contributed by atoms with Gasteiger partial charge in [-0.25, -0.2) is 0 Å². The first-order valence-electron chi connectivity index (χ1n) is 9.54. The van der Waals surface area contributed by atoms with Gasteiger partial charge in [0.25, 0.3) is 0 Å². The molecule has 0 saturated carbocycles. The van der Waals surface area contributed by atoms with Crippen molar-refractivity contribution in [3.05, 3.63) is 76.8 Å². The summed E-state index contributed by atoms with van der Waals surface area (Å²) in [6, 6.07) is 13.0. The normalized spacial score (nSPS) is 20.0. The van der Waals surface area contributed by atoms with Crippen molar-refractivity contribution in [1.82, 2.24) is 9.97 Å². The summed E-state index contributed by atoms with van der Waals surface area (Å²) in [5, 5.41) is 2.35. The number of benzene rings is 2. The molecule has 6 heteroatoms. The first-order chi connectivity index (χ1) is 14.0. The van der Waals surface area contributed by atoms with Gasteiger partial charge in [-0.1, -0.05) is 31.9 Å². The minimum atomic E-state index is 0.455. The molecule has 0 unspecified atom stereocenters. The van der Waals surface area contributed by atoms with Gasteiger partial charge in [0.1, 0.15) is 0 Å². The molecule has 0 fully saturated rings. The van der Waals surface area contributed by atoms with Crippen molar-refractivity contribution in [1.29, 1.82) is 0 Å². The van der Waals surface area contributed by atoms with Crippen LogP contribution >= 0.6 is 63.7 Å². The molecule has 0 amide bonds. The zero-order chi connectivity index (χ0) is 19.9. The topological polar surface area (TPSA) is 25.8 Å². The van der Waals surface area contributed by atoms with Crippen molar-refractivity contribution in [3.63, 3.8) is 0 Å². The third-order valence-corrected chi connectivity index (χ3v) is 8.93. The molecule has 2 atom stereocenters. The quantitative estimate of drug-likeness (QED) is 0.194. The Hall–Kier alpha value is -0.820. The van der Waals surface area contributed by atoms with E-state index in [0.29, 0.717) is 11.8 Å². The van der Waals surface area contributed by atoms with Gasteiger partial charge >= 0.3 is 0 Å². The van der Waals surface area contributed by atoms with Crippen molar-refractivity contribution in [2.75, 3.05) is 0 Å². The molecule has 2 nitrogen and oxygen atoms in total. The highest BCUT2D eigenvalue weighted by Crippen LogP contribution is 2.48. The van der Waals surface area contributed by atoms with Crippen molar-refractivity contribution < 1.29 is 0 Å². The largest absolute Gasteiger partial charge is 0.251 e. The van der Waals surface area contributed by atoms with Crippen LogP contribution in [0.1, 0.15) is 40.8 Å². The number of hydrogen-bond acceptors (Lipinski definition) is 2. The Labute approximate surface area is 202 Å². The lowest BCUT2D eigenvalue weighted by Gasteiger charge is -2.36. The van der Waals surface area contributed by atoms with Crippen LogP contribution in [0.5, 0.6) is 0 Å². The lowest BCUT2D eigenvalue weighted by molar-refractivity contribution is 0.441. The molecule has 29 heavy (non-hydrogen) atoms. The first kappa shape index (κ1) is 18.9. The average molecular weight is 638 g/mol. The van der Waals surface area contributed by atoms with Crippen LogP contribution in [0.15, 0.2) is 54.3 Å². The molecule has 2 aliphatic rings. The van der Waals surface area contributed by atoms with Crippen molar-refractivity contribution in [3.8, 4) is 0 Å². The number of aromatic nitrogens is 2. The van der Waals surface area contributed by atoms with Gasteiger partial charge < -0.3 is 0 Å². The Kier molecular flexibility index (Phi) is 4.46. The van der Waals surface area contributed by atoms with E-state index < -0.39 is 0 Å². The van der Waals surface area contributed by atoms with E-state index in [1.807, 2.05) is 0 Å². The smallest absolute Gasteiger partial charge is 0.0858 e. The maximum atomic E-state index is 5.15. The number of rotatable bonds is 0. The molecular weight excluding hydrogens is 624 g/mol. The van der Waals surface area contributed by atoms with E-state index in [1.165, 1.54) is 33.3 Å². The molecule has 2 bridgehead atoms.